The molecule has 0 radical (unpaired) electrons. The first-order valence-electron chi connectivity index (χ1n) is 10.2. The number of aryl methyl sites for hydroxylation is 1. The van der Waals surface area contributed by atoms with Crippen molar-refractivity contribution < 1.29 is 4.79 Å². The Bertz CT molecular complexity index is 1010. The van der Waals surface area contributed by atoms with Gasteiger partial charge in [0.05, 0.1) is 5.41 Å². The van der Waals surface area contributed by atoms with E-state index in [-0.39, 0.29) is 5.91 Å². The average molecular weight is 392 g/mol. The number of hydrogen-bond acceptors (Lipinski definition) is 1. The summed E-state index contributed by atoms with van der Waals surface area (Å²) >= 11 is 0. The molecule has 2 heteroatoms. The number of rotatable bonds is 6. The van der Waals surface area contributed by atoms with Gasteiger partial charge >= 0.3 is 0 Å². The van der Waals surface area contributed by atoms with Gasteiger partial charge in [-0.2, -0.15) is 0 Å². The van der Waals surface area contributed by atoms with Crippen LogP contribution < -0.4 is 5.32 Å². The molecule has 30 heavy (non-hydrogen) atoms. The van der Waals surface area contributed by atoms with Gasteiger partial charge in [0.1, 0.15) is 0 Å². The van der Waals surface area contributed by atoms with E-state index in [1.165, 1.54) is 0 Å². The number of carbonyl (C=O) groups excluding carboxylic acids is 1. The number of hydrogen-bond donors (Lipinski definition) is 1. The summed E-state index contributed by atoms with van der Waals surface area (Å²) in [6, 6.07) is 38.8. The fourth-order valence-corrected chi connectivity index (χ4v) is 4.12. The first-order valence-corrected chi connectivity index (χ1v) is 10.2. The normalized spacial score (nSPS) is 11.1. The molecule has 0 saturated carbocycles. The molecule has 0 unspecified atom stereocenters. The standard InChI is InChI=1S/C28H25NO/c1-22-13-11-12-20-26(22)29-27(30)21-28(23-14-5-2-6-15-23,24-16-7-3-8-17-24)25-18-9-4-10-19-25/h2-20H,21H2,1H3,(H,29,30). The van der Waals surface area contributed by atoms with Gasteiger partial charge in [-0.3, -0.25) is 4.79 Å². The summed E-state index contributed by atoms with van der Waals surface area (Å²) in [4.78, 5) is 13.4. The van der Waals surface area contributed by atoms with Crippen LogP contribution in [0, 0.1) is 6.92 Å². The van der Waals surface area contributed by atoms with Crippen molar-refractivity contribution >= 4 is 11.6 Å². The van der Waals surface area contributed by atoms with E-state index < -0.39 is 5.41 Å². The first kappa shape index (κ1) is 19.7. The van der Waals surface area contributed by atoms with E-state index in [0.29, 0.717) is 6.42 Å². The predicted molar refractivity (Wildman–Crippen MR) is 124 cm³/mol. The van der Waals surface area contributed by atoms with Gasteiger partial charge < -0.3 is 5.32 Å². The van der Waals surface area contributed by atoms with Crippen LogP contribution in [0.25, 0.3) is 0 Å². The minimum absolute atomic E-state index is 0.0131. The van der Waals surface area contributed by atoms with Gasteiger partial charge in [-0.1, -0.05) is 109 Å². The van der Waals surface area contributed by atoms with Crippen molar-refractivity contribution in [2.24, 2.45) is 0 Å². The number of benzene rings is 4. The molecule has 1 N–H and O–H groups in total. The van der Waals surface area contributed by atoms with Gasteiger partial charge in [0.15, 0.2) is 0 Å². The van der Waals surface area contributed by atoms with Crippen LogP contribution in [-0.4, -0.2) is 5.91 Å². The zero-order valence-corrected chi connectivity index (χ0v) is 17.1. The van der Waals surface area contributed by atoms with Crippen LogP contribution in [0.1, 0.15) is 28.7 Å². The molecule has 148 valence electrons. The summed E-state index contributed by atoms with van der Waals surface area (Å²) < 4.78 is 0. The summed E-state index contributed by atoms with van der Waals surface area (Å²) in [6.07, 6.45) is 0.305. The minimum atomic E-state index is -0.587. The van der Waals surface area contributed by atoms with Crippen molar-refractivity contribution in [3.63, 3.8) is 0 Å². The van der Waals surface area contributed by atoms with Crippen molar-refractivity contribution in [3.8, 4) is 0 Å². The Kier molecular flexibility index (Phi) is 5.76. The number of nitrogens with one attached hydrogen (secondary N) is 1. The highest BCUT2D eigenvalue weighted by atomic mass is 16.1. The smallest absolute Gasteiger partial charge is 0.225 e. The maximum absolute atomic E-state index is 13.4. The van der Waals surface area contributed by atoms with Gasteiger partial charge in [-0.05, 0) is 35.2 Å². The zero-order chi connectivity index (χ0) is 20.8. The second kappa shape index (κ2) is 8.79. The Hall–Kier alpha value is -3.65. The third-order valence-electron chi connectivity index (χ3n) is 5.64. The quantitative estimate of drug-likeness (QED) is 0.381. The second-order valence-corrected chi connectivity index (χ2v) is 7.54. The summed E-state index contributed by atoms with van der Waals surface area (Å²) in [5.41, 5.74) is 4.62. The van der Waals surface area contributed by atoms with E-state index in [2.05, 4.69) is 41.7 Å². The molecule has 0 aromatic heterocycles. The maximum atomic E-state index is 13.4. The molecule has 1 amide bonds. The molecule has 4 aromatic rings. The molecule has 0 aliphatic rings. The lowest BCUT2D eigenvalue weighted by Gasteiger charge is -2.35. The number of carbonyl (C=O) groups is 1. The molecule has 4 aromatic carbocycles. The molecule has 4 rings (SSSR count). The van der Waals surface area contributed by atoms with E-state index >= 15 is 0 Å². The molecule has 0 saturated heterocycles. The van der Waals surface area contributed by atoms with Crippen LogP contribution in [-0.2, 0) is 10.2 Å². The van der Waals surface area contributed by atoms with Crippen LogP contribution in [0.2, 0.25) is 0 Å². The van der Waals surface area contributed by atoms with E-state index in [1.54, 1.807) is 0 Å². The summed E-state index contributed by atoms with van der Waals surface area (Å²) in [5, 5.41) is 3.14. The molecular weight excluding hydrogens is 366 g/mol. The third kappa shape index (κ3) is 3.90. The molecular formula is C28H25NO. The van der Waals surface area contributed by atoms with Crippen molar-refractivity contribution in [2.45, 2.75) is 18.8 Å². The largest absolute Gasteiger partial charge is 0.326 e. The van der Waals surface area contributed by atoms with Gasteiger partial charge in [-0.25, -0.2) is 0 Å². The van der Waals surface area contributed by atoms with Crippen molar-refractivity contribution in [3.05, 3.63) is 138 Å². The Balaban J connectivity index is 1.85. The number of amides is 1. The van der Waals surface area contributed by atoms with Gasteiger partial charge in [0.25, 0.3) is 0 Å². The van der Waals surface area contributed by atoms with Crippen molar-refractivity contribution in [2.75, 3.05) is 5.32 Å². The van der Waals surface area contributed by atoms with Gasteiger partial charge in [0.2, 0.25) is 5.91 Å². The van der Waals surface area contributed by atoms with E-state index in [4.69, 9.17) is 0 Å². The first-order chi connectivity index (χ1) is 14.7. The highest BCUT2D eigenvalue weighted by Crippen LogP contribution is 2.42. The summed E-state index contributed by atoms with van der Waals surface area (Å²) in [6.45, 7) is 2.01. The van der Waals surface area contributed by atoms with Crippen molar-refractivity contribution in [1.82, 2.24) is 0 Å². The molecule has 0 spiro atoms. The van der Waals surface area contributed by atoms with Crippen LogP contribution >= 0.6 is 0 Å². The second-order valence-electron chi connectivity index (χ2n) is 7.54. The Morgan fingerprint density at radius 3 is 1.47 bits per heavy atom. The molecule has 0 heterocycles. The van der Waals surface area contributed by atoms with Crippen LogP contribution in [0.15, 0.2) is 115 Å². The Labute approximate surface area is 178 Å². The average Bonchev–Trinajstić information content (AvgIpc) is 2.81. The van der Waals surface area contributed by atoms with E-state index in [1.807, 2.05) is 85.8 Å². The lowest BCUT2D eigenvalue weighted by atomic mass is 9.67. The summed E-state index contributed by atoms with van der Waals surface area (Å²) in [7, 11) is 0. The van der Waals surface area contributed by atoms with Gasteiger partial charge in [-0.15, -0.1) is 0 Å². The predicted octanol–water partition coefficient (Wildman–Crippen LogP) is 6.36. The fourth-order valence-electron chi connectivity index (χ4n) is 4.12. The molecule has 0 fully saturated rings. The third-order valence-corrected chi connectivity index (χ3v) is 5.64. The SMILES string of the molecule is Cc1ccccc1NC(=O)CC(c1ccccc1)(c1ccccc1)c1ccccc1. The van der Waals surface area contributed by atoms with E-state index in [9.17, 15) is 4.79 Å². The maximum Gasteiger partial charge on any atom is 0.225 e. The number of anilines is 1. The van der Waals surface area contributed by atoms with Crippen molar-refractivity contribution in [1.29, 1.82) is 0 Å². The molecule has 2 nitrogen and oxygen atoms in total. The monoisotopic (exact) mass is 391 g/mol. The van der Waals surface area contributed by atoms with Crippen LogP contribution in [0.3, 0.4) is 0 Å². The lowest BCUT2D eigenvalue weighted by molar-refractivity contribution is -0.116. The highest BCUT2D eigenvalue weighted by Gasteiger charge is 2.38. The van der Waals surface area contributed by atoms with E-state index in [0.717, 1.165) is 27.9 Å². The lowest BCUT2D eigenvalue weighted by Crippen LogP contribution is -2.34. The molecule has 0 aliphatic heterocycles. The molecule has 0 bridgehead atoms. The number of para-hydroxylation sites is 1. The van der Waals surface area contributed by atoms with Gasteiger partial charge in [0, 0.05) is 12.1 Å². The van der Waals surface area contributed by atoms with Crippen LogP contribution in [0.4, 0.5) is 5.69 Å². The minimum Gasteiger partial charge on any atom is -0.326 e. The summed E-state index contributed by atoms with van der Waals surface area (Å²) in [5.74, 6) is -0.0131. The van der Waals surface area contributed by atoms with Crippen LogP contribution in [0.5, 0.6) is 0 Å². The highest BCUT2D eigenvalue weighted by molar-refractivity contribution is 5.93. The zero-order valence-electron chi connectivity index (χ0n) is 17.1. The topological polar surface area (TPSA) is 29.1 Å². The molecule has 0 atom stereocenters. The Morgan fingerprint density at radius 1 is 0.633 bits per heavy atom. The molecule has 0 aliphatic carbocycles. The Morgan fingerprint density at radius 2 is 1.03 bits per heavy atom. The fraction of sp³-hybridized carbons (Fsp3) is 0.107.